The molecule has 0 radical (unpaired) electrons. The Morgan fingerprint density at radius 2 is 1.58 bits per heavy atom. The number of nitrogen functional groups attached to an aromatic ring is 1. The third-order valence-corrected chi connectivity index (χ3v) is 5.85. The van der Waals surface area contributed by atoms with Gasteiger partial charge in [0.1, 0.15) is 26.4 Å². The van der Waals surface area contributed by atoms with Gasteiger partial charge >= 0.3 is 0 Å². The van der Waals surface area contributed by atoms with E-state index in [1.165, 1.54) is 18.2 Å². The van der Waals surface area contributed by atoms with Crippen molar-refractivity contribution >= 4 is 53.8 Å². The van der Waals surface area contributed by atoms with Gasteiger partial charge in [-0.15, -0.1) is 10.2 Å². The molecule has 0 saturated carbocycles. The molecule has 14 nitrogen and oxygen atoms in total. The van der Waals surface area contributed by atoms with E-state index in [1.54, 1.807) is 0 Å². The monoisotopic (exact) mass is 535 g/mol. The summed E-state index contributed by atoms with van der Waals surface area (Å²) in [7, 11) is -10.4. The van der Waals surface area contributed by atoms with Crippen LogP contribution in [0.15, 0.2) is 56.4 Å². The smallest absolute Gasteiger partial charge is 0.298 e. The Balaban J connectivity index is 0.00000385. The first-order valence-electron chi connectivity index (χ1n) is 8.12. The van der Waals surface area contributed by atoms with E-state index in [-0.39, 0.29) is 33.8 Å². The standard InChI is InChI=1S/C16H12N4O10S2.Cr/c17-8-2-1-7-3-12(31(25,26)27)14(15(21)10(7)4-8)19-18-11-5-9(20(23)24)6-13(16(11)22)32(28,29)30;/h1-6,21-22H,17H2,(H,25,26,27)(H,28,29,30);/p-1. The van der Waals surface area contributed by atoms with Crippen LogP contribution in [-0.4, -0.2) is 41.1 Å². The SMILES string of the molecule is Nc1ccc2cc(S(=O)(=O)[O-])c(N=Nc3cc([N+](=O)[O-])cc(S(=O)(=O)O)c3O)c(O)c2c1.[Cr]. The summed E-state index contributed by atoms with van der Waals surface area (Å²) in [5, 5.41) is 38.4. The predicted molar refractivity (Wildman–Crippen MR) is 107 cm³/mol. The van der Waals surface area contributed by atoms with Crippen molar-refractivity contribution in [3.8, 4) is 11.5 Å². The number of nitro benzene ring substituents is 1. The number of phenols is 2. The van der Waals surface area contributed by atoms with Crippen LogP contribution in [0.3, 0.4) is 0 Å². The summed E-state index contributed by atoms with van der Waals surface area (Å²) >= 11 is 0. The molecule has 0 spiro atoms. The first-order chi connectivity index (χ1) is 14.7. The normalized spacial score (nSPS) is 12.1. The molecule has 3 aromatic carbocycles. The topological polar surface area (TPSA) is 246 Å². The Bertz CT molecular complexity index is 1540. The molecule has 0 atom stereocenters. The second-order valence-corrected chi connectivity index (χ2v) is 8.99. The summed E-state index contributed by atoms with van der Waals surface area (Å²) < 4.78 is 67.0. The van der Waals surface area contributed by atoms with Crippen molar-refractivity contribution in [1.29, 1.82) is 0 Å². The van der Waals surface area contributed by atoms with Crippen molar-refractivity contribution in [3.05, 3.63) is 46.5 Å². The molecule has 3 aromatic rings. The number of azo groups is 1. The van der Waals surface area contributed by atoms with Gasteiger partial charge in [-0.1, -0.05) is 6.07 Å². The maximum Gasteiger partial charge on any atom is 0.298 e. The molecule has 33 heavy (non-hydrogen) atoms. The van der Waals surface area contributed by atoms with Crippen LogP contribution < -0.4 is 5.73 Å². The summed E-state index contributed by atoms with van der Waals surface area (Å²) in [4.78, 5) is 7.69. The third kappa shape index (κ3) is 5.19. The zero-order chi connectivity index (χ0) is 24.0. The summed E-state index contributed by atoms with van der Waals surface area (Å²) in [5.74, 6) is -2.09. The zero-order valence-electron chi connectivity index (χ0n) is 15.8. The quantitative estimate of drug-likeness (QED) is 0.121. The zero-order valence-corrected chi connectivity index (χ0v) is 18.7. The van der Waals surface area contributed by atoms with E-state index < -0.39 is 63.5 Å². The van der Waals surface area contributed by atoms with Crippen LogP contribution >= 0.6 is 0 Å². The van der Waals surface area contributed by atoms with Crippen molar-refractivity contribution in [1.82, 2.24) is 0 Å². The molecule has 0 fully saturated rings. The summed E-state index contributed by atoms with van der Waals surface area (Å²) in [6, 6.07) is 5.74. The Hall–Kier alpha value is -3.33. The number of aromatic hydroxyl groups is 2. The van der Waals surface area contributed by atoms with Gasteiger partial charge in [-0.3, -0.25) is 14.7 Å². The van der Waals surface area contributed by atoms with Crippen LogP contribution in [0.5, 0.6) is 11.5 Å². The largest absolute Gasteiger partial charge is 0.744 e. The molecule has 0 heterocycles. The molecule has 0 aliphatic carbocycles. The van der Waals surface area contributed by atoms with Gasteiger partial charge in [0.25, 0.3) is 15.8 Å². The number of anilines is 1. The van der Waals surface area contributed by atoms with Gasteiger partial charge < -0.3 is 20.5 Å². The minimum atomic E-state index is -5.23. The number of nitro groups is 1. The molecule has 3 rings (SSSR count). The molecule has 0 saturated heterocycles. The second-order valence-electron chi connectivity index (χ2n) is 6.25. The van der Waals surface area contributed by atoms with Crippen LogP contribution in [-0.2, 0) is 37.6 Å². The Morgan fingerprint density at radius 1 is 0.939 bits per heavy atom. The average Bonchev–Trinajstić information content (AvgIpc) is 2.66. The first-order valence-corrected chi connectivity index (χ1v) is 11.0. The van der Waals surface area contributed by atoms with Gasteiger partial charge in [-0.05, 0) is 23.6 Å². The Morgan fingerprint density at radius 3 is 2.12 bits per heavy atom. The van der Waals surface area contributed by atoms with E-state index in [9.17, 15) is 41.7 Å². The number of nitrogens with two attached hydrogens (primary N) is 1. The summed E-state index contributed by atoms with van der Waals surface area (Å²) in [5.41, 5.74) is 3.11. The molecule has 174 valence electrons. The number of nitrogens with zero attached hydrogens (tertiary/aromatic N) is 3. The predicted octanol–water partition coefficient (Wildman–Crippen LogP) is 2.31. The fraction of sp³-hybridized carbons (Fsp3) is 0. The molecule has 0 amide bonds. The molecular weight excluding hydrogens is 524 g/mol. The van der Waals surface area contributed by atoms with Gasteiger partial charge in [0, 0.05) is 40.6 Å². The van der Waals surface area contributed by atoms with Crippen LogP contribution in [0.2, 0.25) is 0 Å². The van der Waals surface area contributed by atoms with E-state index >= 15 is 0 Å². The van der Waals surface area contributed by atoms with Crippen LogP contribution in [0.25, 0.3) is 10.8 Å². The van der Waals surface area contributed by atoms with Crippen molar-refractivity contribution in [3.63, 3.8) is 0 Å². The van der Waals surface area contributed by atoms with E-state index in [4.69, 9.17) is 10.3 Å². The average molecular weight is 535 g/mol. The summed E-state index contributed by atoms with van der Waals surface area (Å²) in [6.45, 7) is 0. The molecule has 0 aliphatic heterocycles. The fourth-order valence-electron chi connectivity index (χ4n) is 2.71. The number of phenolic OH excluding ortho intramolecular Hbond substituents is 2. The van der Waals surface area contributed by atoms with Gasteiger partial charge in [-0.25, -0.2) is 8.42 Å². The van der Waals surface area contributed by atoms with Gasteiger partial charge in [0.2, 0.25) is 0 Å². The minimum absolute atomic E-state index is 0. The summed E-state index contributed by atoms with van der Waals surface area (Å²) in [6.07, 6.45) is 0. The molecule has 0 aromatic heterocycles. The number of non-ortho nitro benzene ring substituents is 1. The first kappa shape index (κ1) is 25.9. The number of benzene rings is 3. The van der Waals surface area contributed by atoms with Gasteiger partial charge in [0.15, 0.2) is 11.5 Å². The molecule has 0 bridgehead atoms. The molecular formula is C16H11CrN4O10S2-. The number of hydrogen-bond acceptors (Lipinski definition) is 12. The minimum Gasteiger partial charge on any atom is -0.744 e. The van der Waals surface area contributed by atoms with Crippen molar-refractivity contribution < 1.29 is 58.4 Å². The maximum atomic E-state index is 11.7. The fourth-order valence-corrected chi connectivity index (χ4v) is 3.97. The van der Waals surface area contributed by atoms with Crippen molar-refractivity contribution in [2.45, 2.75) is 9.79 Å². The number of hydrogen-bond donors (Lipinski definition) is 4. The molecule has 0 aliphatic rings. The molecule has 0 unspecified atom stereocenters. The van der Waals surface area contributed by atoms with E-state index in [2.05, 4.69) is 10.2 Å². The third-order valence-electron chi connectivity index (χ3n) is 4.13. The Kier molecular flexibility index (Phi) is 6.99. The van der Waals surface area contributed by atoms with Crippen LogP contribution in [0, 0.1) is 10.1 Å². The molecule has 17 heteroatoms. The molecule has 5 N–H and O–H groups in total. The van der Waals surface area contributed by atoms with Crippen molar-refractivity contribution in [2.75, 3.05) is 5.73 Å². The van der Waals surface area contributed by atoms with E-state index in [0.717, 1.165) is 6.07 Å². The van der Waals surface area contributed by atoms with Crippen molar-refractivity contribution in [2.24, 2.45) is 10.2 Å². The second kappa shape index (κ2) is 8.90. The van der Waals surface area contributed by atoms with Crippen LogP contribution in [0.1, 0.15) is 0 Å². The number of rotatable bonds is 5. The van der Waals surface area contributed by atoms with Gasteiger partial charge in [-0.2, -0.15) is 8.42 Å². The maximum absolute atomic E-state index is 11.7. The van der Waals surface area contributed by atoms with Gasteiger partial charge in [0.05, 0.1) is 9.82 Å². The number of fused-ring (bicyclic) bond motifs is 1. The van der Waals surface area contributed by atoms with Crippen LogP contribution in [0.4, 0.5) is 22.7 Å². The Labute approximate surface area is 195 Å². The van der Waals surface area contributed by atoms with E-state index in [0.29, 0.717) is 12.1 Å². The van der Waals surface area contributed by atoms with E-state index in [1.807, 2.05) is 0 Å².